The standard InChI is InChI=1S/C17H14Cl2N2O4/c1-9(22)13-5-15-16(25-8-24-15)6-14(13)21-17(23)7-20-12-3-10(18)2-11(19)4-12/h2-6,20H,7-8H2,1H3,(H,21,23). The van der Waals surface area contributed by atoms with E-state index in [1.165, 1.54) is 6.92 Å². The number of hydrogen-bond acceptors (Lipinski definition) is 5. The van der Waals surface area contributed by atoms with E-state index in [0.29, 0.717) is 38.5 Å². The van der Waals surface area contributed by atoms with Gasteiger partial charge in [-0.2, -0.15) is 0 Å². The van der Waals surface area contributed by atoms with Crippen molar-refractivity contribution < 1.29 is 19.1 Å². The molecule has 0 aromatic heterocycles. The van der Waals surface area contributed by atoms with Crippen LogP contribution in [0.25, 0.3) is 0 Å². The molecule has 1 amide bonds. The zero-order valence-corrected chi connectivity index (χ0v) is 14.7. The van der Waals surface area contributed by atoms with E-state index in [1.54, 1.807) is 30.3 Å². The topological polar surface area (TPSA) is 76.7 Å². The van der Waals surface area contributed by atoms with Gasteiger partial charge in [-0.15, -0.1) is 0 Å². The van der Waals surface area contributed by atoms with Crippen molar-refractivity contribution in [2.45, 2.75) is 6.92 Å². The lowest BCUT2D eigenvalue weighted by Gasteiger charge is -2.12. The number of ketones is 1. The lowest BCUT2D eigenvalue weighted by molar-refractivity contribution is -0.114. The van der Waals surface area contributed by atoms with Gasteiger partial charge in [0.25, 0.3) is 0 Å². The van der Waals surface area contributed by atoms with E-state index in [1.807, 2.05) is 0 Å². The molecule has 0 spiro atoms. The Morgan fingerprint density at radius 3 is 2.32 bits per heavy atom. The Hall–Kier alpha value is -2.44. The van der Waals surface area contributed by atoms with Crippen molar-refractivity contribution in [3.05, 3.63) is 45.9 Å². The summed E-state index contributed by atoms with van der Waals surface area (Å²) in [4.78, 5) is 24.0. The molecule has 0 saturated carbocycles. The maximum absolute atomic E-state index is 12.2. The number of rotatable bonds is 5. The minimum atomic E-state index is -0.336. The number of nitrogens with one attached hydrogen (secondary N) is 2. The molecule has 8 heteroatoms. The van der Waals surface area contributed by atoms with Gasteiger partial charge in [0, 0.05) is 27.4 Å². The average Bonchev–Trinajstić information content (AvgIpc) is 2.98. The Kier molecular flexibility index (Phi) is 5.01. The highest BCUT2D eigenvalue weighted by atomic mass is 35.5. The lowest BCUT2D eigenvalue weighted by Crippen LogP contribution is -2.22. The summed E-state index contributed by atoms with van der Waals surface area (Å²) in [5, 5.41) is 6.55. The van der Waals surface area contributed by atoms with Crippen molar-refractivity contribution >= 4 is 46.3 Å². The summed E-state index contributed by atoms with van der Waals surface area (Å²) in [7, 11) is 0. The highest BCUT2D eigenvalue weighted by molar-refractivity contribution is 6.35. The maximum atomic E-state index is 12.2. The van der Waals surface area contributed by atoms with Crippen molar-refractivity contribution in [2.24, 2.45) is 0 Å². The summed E-state index contributed by atoms with van der Waals surface area (Å²) in [6, 6.07) is 8.04. The molecule has 0 saturated heterocycles. The molecule has 0 radical (unpaired) electrons. The molecule has 1 aliphatic heterocycles. The number of Topliss-reactive ketones (excluding diaryl/α,β-unsaturated/α-hetero) is 1. The lowest BCUT2D eigenvalue weighted by atomic mass is 10.1. The van der Waals surface area contributed by atoms with Gasteiger partial charge in [0.05, 0.1) is 12.2 Å². The van der Waals surface area contributed by atoms with Crippen molar-refractivity contribution in [1.82, 2.24) is 0 Å². The number of carbonyl (C=O) groups excluding carboxylic acids is 2. The second-order valence-electron chi connectivity index (χ2n) is 5.37. The molecule has 3 rings (SSSR count). The Morgan fingerprint density at radius 2 is 1.68 bits per heavy atom. The van der Waals surface area contributed by atoms with E-state index in [-0.39, 0.29) is 25.0 Å². The quantitative estimate of drug-likeness (QED) is 0.767. The second-order valence-corrected chi connectivity index (χ2v) is 6.24. The van der Waals surface area contributed by atoms with E-state index in [0.717, 1.165) is 0 Å². The predicted octanol–water partition coefficient (Wildman–Crippen LogP) is 3.98. The molecule has 0 bridgehead atoms. The van der Waals surface area contributed by atoms with Crippen molar-refractivity contribution in [1.29, 1.82) is 0 Å². The van der Waals surface area contributed by atoms with Gasteiger partial charge in [0.15, 0.2) is 17.3 Å². The fourth-order valence-electron chi connectivity index (χ4n) is 2.37. The molecule has 25 heavy (non-hydrogen) atoms. The van der Waals surface area contributed by atoms with Crippen LogP contribution in [0.1, 0.15) is 17.3 Å². The molecule has 6 nitrogen and oxygen atoms in total. The third-order valence-electron chi connectivity index (χ3n) is 3.48. The van der Waals surface area contributed by atoms with Crippen LogP contribution in [0.4, 0.5) is 11.4 Å². The molecule has 2 aromatic carbocycles. The summed E-state index contributed by atoms with van der Waals surface area (Å²) >= 11 is 11.8. The van der Waals surface area contributed by atoms with Gasteiger partial charge in [-0.1, -0.05) is 23.2 Å². The summed E-state index contributed by atoms with van der Waals surface area (Å²) in [6.07, 6.45) is 0. The molecule has 0 atom stereocenters. The molecule has 2 N–H and O–H groups in total. The van der Waals surface area contributed by atoms with Crippen molar-refractivity contribution in [3.63, 3.8) is 0 Å². The average molecular weight is 381 g/mol. The van der Waals surface area contributed by atoms with Crippen LogP contribution in [-0.2, 0) is 4.79 Å². The van der Waals surface area contributed by atoms with Crippen LogP contribution in [0.2, 0.25) is 10.0 Å². The van der Waals surface area contributed by atoms with E-state index in [4.69, 9.17) is 32.7 Å². The van der Waals surface area contributed by atoms with Gasteiger partial charge in [0.2, 0.25) is 12.7 Å². The number of anilines is 2. The maximum Gasteiger partial charge on any atom is 0.243 e. The van der Waals surface area contributed by atoms with Gasteiger partial charge < -0.3 is 20.1 Å². The molecule has 0 aliphatic carbocycles. The number of hydrogen-bond donors (Lipinski definition) is 2. The monoisotopic (exact) mass is 380 g/mol. The van der Waals surface area contributed by atoms with Crippen LogP contribution >= 0.6 is 23.2 Å². The molecule has 130 valence electrons. The van der Waals surface area contributed by atoms with Gasteiger partial charge in [-0.3, -0.25) is 9.59 Å². The van der Waals surface area contributed by atoms with Crippen LogP contribution in [0.3, 0.4) is 0 Å². The van der Waals surface area contributed by atoms with E-state index in [9.17, 15) is 9.59 Å². The van der Waals surface area contributed by atoms with E-state index < -0.39 is 0 Å². The van der Waals surface area contributed by atoms with Crippen LogP contribution in [-0.4, -0.2) is 25.0 Å². The fourth-order valence-corrected chi connectivity index (χ4v) is 2.90. The number of fused-ring (bicyclic) bond motifs is 1. The highest BCUT2D eigenvalue weighted by Gasteiger charge is 2.20. The number of amides is 1. The number of ether oxygens (including phenoxy) is 2. The largest absolute Gasteiger partial charge is 0.454 e. The number of carbonyl (C=O) groups is 2. The first-order valence-electron chi connectivity index (χ1n) is 7.37. The third-order valence-corrected chi connectivity index (χ3v) is 3.92. The number of benzene rings is 2. The first-order chi connectivity index (χ1) is 11.9. The molecule has 2 aromatic rings. The highest BCUT2D eigenvalue weighted by Crippen LogP contribution is 2.37. The second kappa shape index (κ2) is 7.21. The Morgan fingerprint density at radius 1 is 1.04 bits per heavy atom. The predicted molar refractivity (Wildman–Crippen MR) is 96.2 cm³/mol. The van der Waals surface area contributed by atoms with Crippen LogP contribution < -0.4 is 20.1 Å². The third kappa shape index (κ3) is 4.15. The van der Waals surface area contributed by atoms with Crippen LogP contribution in [0.5, 0.6) is 11.5 Å². The van der Waals surface area contributed by atoms with Crippen LogP contribution in [0, 0.1) is 0 Å². The van der Waals surface area contributed by atoms with Crippen molar-refractivity contribution in [3.8, 4) is 11.5 Å². The Labute approximate surface area is 154 Å². The van der Waals surface area contributed by atoms with E-state index in [2.05, 4.69) is 10.6 Å². The Balaban J connectivity index is 1.71. The summed E-state index contributed by atoms with van der Waals surface area (Å²) in [5.41, 5.74) is 1.33. The molecular weight excluding hydrogens is 367 g/mol. The summed E-state index contributed by atoms with van der Waals surface area (Å²) in [5.74, 6) is 0.436. The normalized spacial score (nSPS) is 12.0. The van der Waals surface area contributed by atoms with Gasteiger partial charge in [-0.05, 0) is 31.2 Å². The smallest absolute Gasteiger partial charge is 0.243 e. The molecule has 1 aliphatic rings. The zero-order valence-electron chi connectivity index (χ0n) is 13.2. The summed E-state index contributed by atoms with van der Waals surface area (Å²) in [6.45, 7) is 1.48. The molecular formula is C17H14Cl2N2O4. The van der Waals surface area contributed by atoms with Gasteiger partial charge in [0.1, 0.15) is 0 Å². The zero-order chi connectivity index (χ0) is 18.0. The number of halogens is 2. The molecule has 1 heterocycles. The minimum Gasteiger partial charge on any atom is -0.454 e. The van der Waals surface area contributed by atoms with Gasteiger partial charge in [-0.25, -0.2) is 0 Å². The van der Waals surface area contributed by atoms with Crippen LogP contribution in [0.15, 0.2) is 30.3 Å². The molecule has 0 fully saturated rings. The summed E-state index contributed by atoms with van der Waals surface area (Å²) < 4.78 is 10.5. The molecule has 0 unspecified atom stereocenters. The fraction of sp³-hybridized carbons (Fsp3) is 0.176. The van der Waals surface area contributed by atoms with Gasteiger partial charge >= 0.3 is 0 Å². The first-order valence-corrected chi connectivity index (χ1v) is 8.12. The first kappa shape index (κ1) is 17.4. The van der Waals surface area contributed by atoms with Crippen molar-refractivity contribution in [2.75, 3.05) is 24.0 Å². The minimum absolute atomic E-state index is 0.0253. The Bertz CT molecular complexity index is 835. The van der Waals surface area contributed by atoms with E-state index >= 15 is 0 Å². The SMILES string of the molecule is CC(=O)c1cc2c(cc1NC(=O)CNc1cc(Cl)cc(Cl)c1)OCO2.